The first-order valence-corrected chi connectivity index (χ1v) is 10.5. The lowest BCUT2D eigenvalue weighted by Crippen LogP contribution is -2.45. The van der Waals surface area contributed by atoms with Crippen molar-refractivity contribution in [2.75, 3.05) is 33.3 Å². The molecular formula is C23H27FN4O2. The monoisotopic (exact) mass is 410 g/mol. The van der Waals surface area contributed by atoms with Crippen LogP contribution in [0.5, 0.6) is 5.75 Å². The molecule has 2 aromatic rings. The molecule has 0 spiro atoms. The Labute approximate surface area is 176 Å². The molecule has 4 rings (SSSR count). The number of pyridine rings is 1. The lowest BCUT2D eigenvalue weighted by atomic mass is 9.89. The molecule has 0 radical (unpaired) electrons. The third-order valence-electron chi connectivity index (χ3n) is 6.30. The van der Waals surface area contributed by atoms with E-state index >= 15 is 0 Å². The van der Waals surface area contributed by atoms with E-state index in [1.807, 2.05) is 12.1 Å². The van der Waals surface area contributed by atoms with Crippen molar-refractivity contribution < 1.29 is 13.9 Å². The quantitative estimate of drug-likeness (QED) is 0.758. The molecule has 2 fully saturated rings. The van der Waals surface area contributed by atoms with E-state index in [-0.39, 0.29) is 25.4 Å². The normalized spacial score (nSPS) is 22.9. The Balaban J connectivity index is 1.31. The predicted molar refractivity (Wildman–Crippen MR) is 112 cm³/mol. The molecule has 2 saturated heterocycles. The molecule has 0 N–H and O–H groups in total. The van der Waals surface area contributed by atoms with Crippen LogP contribution in [0, 0.1) is 17.2 Å². The van der Waals surface area contributed by atoms with E-state index in [2.05, 4.69) is 28.1 Å². The number of alkyl halides is 1. The predicted octanol–water partition coefficient (Wildman–Crippen LogP) is 2.96. The number of methoxy groups -OCH3 is 1. The Morgan fingerprint density at radius 2 is 2.13 bits per heavy atom. The Morgan fingerprint density at radius 1 is 1.33 bits per heavy atom. The molecule has 1 amide bonds. The highest BCUT2D eigenvalue weighted by molar-refractivity contribution is 5.85. The van der Waals surface area contributed by atoms with E-state index in [9.17, 15) is 9.18 Å². The molecule has 1 aromatic carbocycles. The Hall–Kier alpha value is -2.72. The third-order valence-corrected chi connectivity index (χ3v) is 6.30. The van der Waals surface area contributed by atoms with Crippen LogP contribution >= 0.6 is 0 Å². The molecule has 0 saturated carbocycles. The fourth-order valence-electron chi connectivity index (χ4n) is 4.62. The minimum absolute atomic E-state index is 0.0494. The van der Waals surface area contributed by atoms with Crippen molar-refractivity contribution in [3.63, 3.8) is 0 Å². The van der Waals surface area contributed by atoms with Crippen molar-refractivity contribution in [1.82, 2.24) is 14.8 Å². The first kappa shape index (κ1) is 20.5. The lowest BCUT2D eigenvalue weighted by Gasteiger charge is -2.33. The van der Waals surface area contributed by atoms with Gasteiger partial charge in [-0.25, -0.2) is 4.39 Å². The highest BCUT2D eigenvalue weighted by Gasteiger charge is 2.36. The number of nitriles is 1. The van der Waals surface area contributed by atoms with Gasteiger partial charge in [0.2, 0.25) is 5.91 Å². The van der Waals surface area contributed by atoms with Gasteiger partial charge in [-0.2, -0.15) is 5.26 Å². The first-order valence-electron chi connectivity index (χ1n) is 10.5. The molecule has 2 atom stereocenters. The maximum absolute atomic E-state index is 13.6. The number of amides is 1. The number of halogens is 1. The van der Waals surface area contributed by atoms with E-state index in [1.54, 1.807) is 13.3 Å². The van der Waals surface area contributed by atoms with Crippen LogP contribution < -0.4 is 4.74 Å². The van der Waals surface area contributed by atoms with Gasteiger partial charge in [0.05, 0.1) is 31.8 Å². The van der Waals surface area contributed by atoms with Crippen LogP contribution in [0.25, 0.3) is 10.9 Å². The molecule has 3 heterocycles. The number of aromatic nitrogens is 1. The van der Waals surface area contributed by atoms with Crippen molar-refractivity contribution in [3.8, 4) is 11.8 Å². The highest BCUT2D eigenvalue weighted by atomic mass is 19.1. The van der Waals surface area contributed by atoms with Crippen LogP contribution in [0.3, 0.4) is 0 Å². The van der Waals surface area contributed by atoms with Crippen LogP contribution in [0.2, 0.25) is 0 Å². The zero-order chi connectivity index (χ0) is 21.1. The largest absolute Gasteiger partial charge is 0.496 e. The summed E-state index contributed by atoms with van der Waals surface area (Å²) < 4.78 is 19.0. The van der Waals surface area contributed by atoms with Gasteiger partial charge in [-0.3, -0.25) is 14.7 Å². The van der Waals surface area contributed by atoms with Crippen LogP contribution in [0.15, 0.2) is 30.5 Å². The summed E-state index contributed by atoms with van der Waals surface area (Å²) >= 11 is 0. The van der Waals surface area contributed by atoms with Gasteiger partial charge in [0.1, 0.15) is 18.0 Å². The van der Waals surface area contributed by atoms with Crippen LogP contribution in [0.1, 0.15) is 24.8 Å². The molecule has 6 nitrogen and oxygen atoms in total. The second-order valence-corrected chi connectivity index (χ2v) is 8.31. The van der Waals surface area contributed by atoms with E-state index in [0.29, 0.717) is 5.92 Å². The Bertz CT molecular complexity index is 952. The average Bonchev–Trinajstić information content (AvgIpc) is 3.15. The van der Waals surface area contributed by atoms with Gasteiger partial charge in [-0.05, 0) is 62.0 Å². The number of hydrogen-bond donors (Lipinski definition) is 0. The van der Waals surface area contributed by atoms with E-state index in [4.69, 9.17) is 10.00 Å². The number of carbonyl (C=O) groups is 1. The van der Waals surface area contributed by atoms with Gasteiger partial charge in [0.25, 0.3) is 0 Å². The van der Waals surface area contributed by atoms with E-state index < -0.39 is 12.2 Å². The summed E-state index contributed by atoms with van der Waals surface area (Å²) in [5, 5.41) is 10.2. The molecular weight excluding hydrogens is 383 g/mol. The van der Waals surface area contributed by atoms with Crippen LogP contribution in [-0.2, 0) is 11.2 Å². The molecule has 30 heavy (non-hydrogen) atoms. The maximum atomic E-state index is 13.6. The second-order valence-electron chi connectivity index (χ2n) is 8.31. The summed E-state index contributed by atoms with van der Waals surface area (Å²) in [6.07, 6.45) is 3.83. The topological polar surface area (TPSA) is 69.5 Å². The summed E-state index contributed by atoms with van der Waals surface area (Å²) in [6, 6.07) is 9.65. The summed E-state index contributed by atoms with van der Waals surface area (Å²) in [5.74, 6) is 1.27. The smallest absolute Gasteiger partial charge is 0.237 e. The van der Waals surface area contributed by atoms with Gasteiger partial charge in [-0.15, -0.1) is 0 Å². The molecule has 2 aliphatic heterocycles. The van der Waals surface area contributed by atoms with Crippen LogP contribution in [0.4, 0.5) is 4.39 Å². The number of likely N-dealkylation sites (tertiary alicyclic amines) is 2. The molecule has 0 bridgehead atoms. The number of fused-ring (bicyclic) bond motifs is 1. The van der Waals surface area contributed by atoms with Gasteiger partial charge < -0.3 is 9.64 Å². The minimum atomic E-state index is -1.08. The number of carbonyl (C=O) groups excluding carboxylic acids is 1. The molecule has 2 aliphatic rings. The summed E-state index contributed by atoms with van der Waals surface area (Å²) in [4.78, 5) is 20.5. The highest BCUT2D eigenvalue weighted by Crippen LogP contribution is 2.28. The standard InChI is InChI=1S/C23H27FN4O2/c1-30-22-4-7-26-21-3-2-17(11-20(21)22)10-16-5-8-27(9-6-16)15-23(29)28-14-18(24)12-19(28)13-25/h2-4,7,11,16,18-19H,5-6,8-10,12,14-15H2,1H3/t18-,19-/m0/s1. The van der Waals surface area contributed by atoms with Gasteiger partial charge in [-0.1, -0.05) is 6.07 Å². The lowest BCUT2D eigenvalue weighted by molar-refractivity contribution is -0.132. The van der Waals surface area contributed by atoms with Gasteiger partial charge >= 0.3 is 0 Å². The number of ether oxygens (including phenoxy) is 1. The summed E-state index contributed by atoms with van der Waals surface area (Å²) in [6.45, 7) is 2.02. The number of benzene rings is 1. The zero-order valence-corrected chi connectivity index (χ0v) is 17.3. The minimum Gasteiger partial charge on any atom is -0.496 e. The summed E-state index contributed by atoms with van der Waals surface area (Å²) in [7, 11) is 1.67. The number of rotatable bonds is 5. The average molecular weight is 410 g/mol. The fourth-order valence-corrected chi connectivity index (χ4v) is 4.62. The molecule has 158 valence electrons. The molecule has 0 aliphatic carbocycles. The Morgan fingerprint density at radius 3 is 2.87 bits per heavy atom. The van der Waals surface area contributed by atoms with Crippen molar-refractivity contribution in [2.45, 2.75) is 37.9 Å². The third kappa shape index (κ3) is 4.39. The van der Waals surface area contributed by atoms with Crippen LogP contribution in [-0.4, -0.2) is 66.2 Å². The van der Waals surface area contributed by atoms with Gasteiger partial charge in [0, 0.05) is 18.0 Å². The molecule has 1 aromatic heterocycles. The summed E-state index contributed by atoms with van der Waals surface area (Å²) in [5.41, 5.74) is 2.20. The van der Waals surface area contributed by atoms with Crippen molar-refractivity contribution in [3.05, 3.63) is 36.0 Å². The maximum Gasteiger partial charge on any atom is 0.237 e. The first-order chi connectivity index (χ1) is 14.6. The second kappa shape index (κ2) is 8.97. The number of nitrogens with zero attached hydrogens (tertiary/aromatic N) is 4. The fraction of sp³-hybridized carbons (Fsp3) is 0.522. The van der Waals surface area contributed by atoms with Crippen molar-refractivity contribution in [2.24, 2.45) is 5.92 Å². The Kier molecular flexibility index (Phi) is 6.14. The zero-order valence-electron chi connectivity index (χ0n) is 17.3. The van der Waals surface area contributed by atoms with Crippen molar-refractivity contribution >= 4 is 16.8 Å². The number of hydrogen-bond acceptors (Lipinski definition) is 5. The van der Waals surface area contributed by atoms with E-state index in [0.717, 1.165) is 49.0 Å². The van der Waals surface area contributed by atoms with E-state index in [1.165, 1.54) is 10.5 Å². The SMILES string of the molecule is COc1ccnc2ccc(CC3CCN(CC(=O)N4C[C@@H](F)C[C@H]4C#N)CC3)cc12. The van der Waals surface area contributed by atoms with Crippen molar-refractivity contribution in [1.29, 1.82) is 5.26 Å². The number of piperidine rings is 1. The van der Waals surface area contributed by atoms with Gasteiger partial charge in [0.15, 0.2) is 0 Å². The molecule has 7 heteroatoms. The molecule has 0 unspecified atom stereocenters.